The highest BCUT2D eigenvalue weighted by Crippen LogP contribution is 2.28. The van der Waals surface area contributed by atoms with E-state index in [0.717, 1.165) is 4.47 Å². The molecule has 2 fully saturated rings. The second-order valence-corrected chi connectivity index (χ2v) is 15.4. The molecule has 4 aromatic heterocycles. The first-order chi connectivity index (χ1) is 29.0. The van der Waals surface area contributed by atoms with E-state index in [1.165, 1.54) is 28.7 Å². The summed E-state index contributed by atoms with van der Waals surface area (Å²) in [4.78, 5) is 58.5. The van der Waals surface area contributed by atoms with Gasteiger partial charge in [0.2, 0.25) is 11.2 Å². The number of aromatic nitrogens is 6. The standard InChI is InChI=1S/C21H17ClN4O4.C14H9BrClN3O2.C7H9NO2/c1-25-9-7-21(29,20(25)28)6-5-13-10-14(22)12-15(11-13)26-18-16(4-3-8-23-18)17(24-26)19(27)30-2;1-21-14(20)12-11-3-2-4-17-13(11)19(18-12)10-6-8(15)5-9(16)7-10;1-3-7(10)4-5-8(2)6(7)9/h3-4,8,10-12,29H,7,9H2,1-2H3;2-7H,1H3;1,10H,4-5H2,2H3/t21-;;7-/m0.0/s1. The van der Waals surface area contributed by atoms with Crippen molar-refractivity contribution in [3.05, 3.63) is 105 Å². The molecule has 0 saturated carbocycles. The number of likely N-dealkylation sites (N-methyl/N-ethyl adjacent to an activating group) is 2. The van der Waals surface area contributed by atoms with Gasteiger partial charge in [0.25, 0.3) is 11.8 Å². The first-order valence-corrected chi connectivity index (χ1v) is 19.7. The van der Waals surface area contributed by atoms with Crippen molar-refractivity contribution in [2.45, 2.75) is 24.0 Å². The maximum absolute atomic E-state index is 12.1. The Morgan fingerprint density at radius 2 is 1.25 bits per heavy atom. The number of aliphatic hydroxyl groups is 2. The Kier molecular flexibility index (Phi) is 13.1. The molecule has 2 atom stereocenters. The molecular formula is C42H35BrCl2N8O8. The number of halogens is 3. The van der Waals surface area contributed by atoms with E-state index in [0.29, 0.717) is 68.6 Å². The fourth-order valence-corrected chi connectivity index (χ4v) is 7.39. The van der Waals surface area contributed by atoms with Gasteiger partial charge >= 0.3 is 11.9 Å². The zero-order valence-electron chi connectivity index (χ0n) is 32.9. The number of carbonyl (C=O) groups excluding carboxylic acids is 4. The monoisotopic (exact) mass is 928 g/mol. The van der Waals surface area contributed by atoms with Gasteiger partial charge < -0.3 is 29.5 Å². The van der Waals surface area contributed by atoms with Crippen molar-refractivity contribution < 1.29 is 38.9 Å². The number of pyridine rings is 2. The summed E-state index contributed by atoms with van der Waals surface area (Å²) in [6.45, 7) is 0.978. The first-order valence-electron chi connectivity index (χ1n) is 18.1. The number of hydrogen-bond donors (Lipinski definition) is 2. The van der Waals surface area contributed by atoms with Crippen LogP contribution in [0.1, 0.15) is 39.4 Å². The summed E-state index contributed by atoms with van der Waals surface area (Å²) >= 11 is 15.7. The minimum Gasteiger partial charge on any atom is -0.464 e. The molecule has 0 radical (unpaired) electrons. The minimum atomic E-state index is -1.71. The Morgan fingerprint density at radius 1 is 0.770 bits per heavy atom. The molecule has 61 heavy (non-hydrogen) atoms. The number of benzene rings is 2. The third kappa shape index (κ3) is 9.22. The highest BCUT2D eigenvalue weighted by Gasteiger charge is 2.43. The van der Waals surface area contributed by atoms with Gasteiger partial charge in [-0.1, -0.05) is 56.9 Å². The van der Waals surface area contributed by atoms with Crippen LogP contribution in [-0.4, -0.2) is 126 Å². The van der Waals surface area contributed by atoms with Crippen LogP contribution in [0.2, 0.25) is 10.0 Å². The molecule has 16 nitrogen and oxygen atoms in total. The molecule has 2 amide bonds. The number of rotatable bonds is 4. The molecule has 8 rings (SSSR count). The molecule has 0 unspecified atom stereocenters. The van der Waals surface area contributed by atoms with Gasteiger partial charge in [-0.15, -0.1) is 6.42 Å². The summed E-state index contributed by atoms with van der Waals surface area (Å²) in [6.07, 6.45) is 8.78. The molecule has 2 aliphatic rings. The SMILES string of the molecule is C#C[C@]1(O)CCN(C)C1=O.COC(=O)c1nn(-c2cc(Cl)cc(Br)c2)c2ncccc12.COC(=O)c1nn(-c2cc(Cl)cc(C#C[C@]3(O)CCN(C)C3=O)c2)c2ncccc12. The van der Waals surface area contributed by atoms with Crippen molar-refractivity contribution in [3.63, 3.8) is 0 Å². The van der Waals surface area contributed by atoms with Crippen LogP contribution >= 0.6 is 39.1 Å². The van der Waals surface area contributed by atoms with Crippen LogP contribution in [0, 0.1) is 24.2 Å². The van der Waals surface area contributed by atoms with Gasteiger partial charge in [0, 0.05) is 72.5 Å². The predicted molar refractivity (Wildman–Crippen MR) is 228 cm³/mol. The number of esters is 2. The van der Waals surface area contributed by atoms with E-state index in [1.807, 2.05) is 6.07 Å². The maximum Gasteiger partial charge on any atom is 0.359 e. The van der Waals surface area contributed by atoms with E-state index < -0.39 is 29.0 Å². The Labute approximate surface area is 367 Å². The number of carbonyl (C=O) groups is 4. The summed E-state index contributed by atoms with van der Waals surface area (Å²) < 4.78 is 13.4. The molecule has 312 valence electrons. The van der Waals surface area contributed by atoms with E-state index in [9.17, 15) is 29.4 Å². The number of fused-ring (bicyclic) bond motifs is 2. The summed E-state index contributed by atoms with van der Waals surface area (Å²) in [5.74, 6) is 5.70. The molecule has 6 aromatic rings. The van der Waals surface area contributed by atoms with Crippen LogP contribution in [0.5, 0.6) is 0 Å². The van der Waals surface area contributed by atoms with Crippen molar-refractivity contribution in [3.8, 4) is 35.6 Å². The van der Waals surface area contributed by atoms with E-state index in [4.69, 9.17) is 39.1 Å². The number of hydrogen-bond acceptors (Lipinski definition) is 12. The van der Waals surface area contributed by atoms with Gasteiger partial charge in [-0.3, -0.25) is 9.59 Å². The molecule has 0 aliphatic carbocycles. The van der Waals surface area contributed by atoms with E-state index >= 15 is 0 Å². The summed E-state index contributed by atoms with van der Waals surface area (Å²) in [5, 5.41) is 30.6. The van der Waals surface area contributed by atoms with Crippen LogP contribution in [0.4, 0.5) is 0 Å². The van der Waals surface area contributed by atoms with Crippen molar-refractivity contribution in [1.82, 2.24) is 39.3 Å². The summed E-state index contributed by atoms with van der Waals surface area (Å²) in [5.41, 5.74) is -0.173. The first kappa shape index (κ1) is 44.2. The Balaban J connectivity index is 0.000000173. The fraction of sp³-hybridized carbons (Fsp3) is 0.238. The van der Waals surface area contributed by atoms with Crippen molar-refractivity contribution in [2.75, 3.05) is 41.4 Å². The van der Waals surface area contributed by atoms with Gasteiger partial charge in [0.1, 0.15) is 0 Å². The Hall–Kier alpha value is -6.34. The van der Waals surface area contributed by atoms with E-state index in [1.54, 1.807) is 85.8 Å². The molecule has 2 N–H and O–H groups in total. The van der Waals surface area contributed by atoms with Gasteiger partial charge in [0.15, 0.2) is 22.7 Å². The number of amides is 2. The lowest BCUT2D eigenvalue weighted by atomic mass is 10.0. The molecule has 2 aromatic carbocycles. The van der Waals surface area contributed by atoms with Crippen LogP contribution in [0.25, 0.3) is 33.4 Å². The lowest BCUT2D eigenvalue weighted by molar-refractivity contribution is -0.138. The average Bonchev–Trinajstić information content (AvgIpc) is 3.98. The van der Waals surface area contributed by atoms with Crippen LogP contribution < -0.4 is 0 Å². The third-order valence-corrected chi connectivity index (χ3v) is 10.4. The Bertz CT molecular complexity index is 2810. The van der Waals surface area contributed by atoms with E-state index in [-0.39, 0.29) is 23.7 Å². The molecule has 2 saturated heterocycles. The highest BCUT2D eigenvalue weighted by atomic mass is 79.9. The van der Waals surface area contributed by atoms with Gasteiger partial charge in [-0.2, -0.15) is 10.2 Å². The second kappa shape index (κ2) is 18.1. The molecule has 2 aliphatic heterocycles. The predicted octanol–water partition coefficient (Wildman–Crippen LogP) is 4.64. The van der Waals surface area contributed by atoms with Gasteiger partial charge in [-0.25, -0.2) is 28.9 Å². The van der Waals surface area contributed by atoms with E-state index in [2.05, 4.69) is 53.9 Å². The maximum atomic E-state index is 12.1. The van der Waals surface area contributed by atoms with Crippen molar-refractivity contribution in [2.24, 2.45) is 0 Å². The van der Waals surface area contributed by atoms with Gasteiger partial charge in [-0.05, 0) is 60.7 Å². The molecule has 6 heterocycles. The zero-order valence-corrected chi connectivity index (χ0v) is 36.0. The number of nitrogens with zero attached hydrogens (tertiary/aromatic N) is 8. The molecule has 19 heteroatoms. The van der Waals surface area contributed by atoms with Crippen molar-refractivity contribution >= 4 is 85.0 Å². The summed E-state index contributed by atoms with van der Waals surface area (Å²) in [7, 11) is 5.84. The lowest BCUT2D eigenvalue weighted by Crippen LogP contribution is -2.37. The summed E-state index contributed by atoms with van der Waals surface area (Å²) in [6, 6.07) is 17.3. The second-order valence-electron chi connectivity index (χ2n) is 13.6. The minimum absolute atomic E-state index is 0.127. The van der Waals surface area contributed by atoms with Crippen molar-refractivity contribution in [1.29, 1.82) is 0 Å². The van der Waals surface area contributed by atoms with Crippen LogP contribution in [0.15, 0.2) is 77.5 Å². The third-order valence-electron chi connectivity index (χ3n) is 9.53. The number of terminal acetylenes is 1. The fourth-order valence-electron chi connectivity index (χ4n) is 6.32. The van der Waals surface area contributed by atoms with Gasteiger partial charge in [0.05, 0.1) is 36.4 Å². The number of likely N-dealkylation sites (tertiary alicyclic amines) is 2. The smallest absolute Gasteiger partial charge is 0.359 e. The highest BCUT2D eigenvalue weighted by molar-refractivity contribution is 9.10. The quantitative estimate of drug-likeness (QED) is 0.184. The molecule has 0 spiro atoms. The van der Waals surface area contributed by atoms with Crippen LogP contribution in [0.3, 0.4) is 0 Å². The zero-order chi connectivity index (χ0) is 44.2. The normalized spacial score (nSPS) is 18.1. The lowest BCUT2D eigenvalue weighted by Gasteiger charge is -2.13. The Morgan fingerprint density at radius 3 is 1.67 bits per heavy atom. The number of methoxy groups -OCH3 is 2. The number of ether oxygens (including phenoxy) is 2. The molecule has 0 bridgehead atoms. The molecular weight excluding hydrogens is 895 g/mol. The van der Waals surface area contributed by atoms with Crippen LogP contribution in [-0.2, 0) is 19.1 Å². The largest absolute Gasteiger partial charge is 0.464 e. The topological polar surface area (TPSA) is 195 Å². The average molecular weight is 931 g/mol.